The van der Waals surface area contributed by atoms with Gasteiger partial charge in [-0.25, -0.2) is 9.97 Å². The molecule has 1 saturated carbocycles. The smallest absolute Gasteiger partial charge is 0.137 e. The average molecular weight is 276 g/mol. The highest BCUT2D eigenvalue weighted by Gasteiger charge is 2.33. The largest absolute Gasteiger partial charge is 0.370 e. The Morgan fingerprint density at radius 1 is 1.30 bits per heavy atom. The maximum absolute atomic E-state index is 4.55. The van der Waals surface area contributed by atoms with Gasteiger partial charge in [0.05, 0.1) is 0 Å². The molecule has 0 radical (unpaired) electrons. The Labute approximate surface area is 123 Å². The van der Waals surface area contributed by atoms with Gasteiger partial charge >= 0.3 is 0 Å². The van der Waals surface area contributed by atoms with E-state index in [4.69, 9.17) is 0 Å². The summed E-state index contributed by atoms with van der Waals surface area (Å²) in [6.07, 6.45) is 6.32. The molecule has 0 aromatic carbocycles. The number of aromatic nitrogens is 2. The van der Waals surface area contributed by atoms with Crippen LogP contribution in [0.25, 0.3) is 0 Å². The number of hydrogen-bond donors (Lipinski definition) is 1. The molecule has 1 aromatic heterocycles. The van der Waals surface area contributed by atoms with E-state index in [9.17, 15) is 0 Å². The summed E-state index contributed by atoms with van der Waals surface area (Å²) in [5.74, 6) is 3.86. The highest BCUT2D eigenvalue weighted by molar-refractivity contribution is 5.58. The Morgan fingerprint density at radius 3 is 2.65 bits per heavy atom. The average Bonchev–Trinajstić information content (AvgIpc) is 3.13. The van der Waals surface area contributed by atoms with E-state index in [-0.39, 0.29) is 0 Å². The minimum Gasteiger partial charge on any atom is -0.370 e. The number of hydrogen-bond acceptors (Lipinski definition) is 4. The Hall–Kier alpha value is -1.32. The summed E-state index contributed by atoms with van der Waals surface area (Å²) in [7, 11) is 2.16. The van der Waals surface area contributed by atoms with Crippen molar-refractivity contribution in [3.8, 4) is 0 Å². The predicted octanol–water partition coefficient (Wildman–Crippen LogP) is 3.34. The third kappa shape index (κ3) is 3.62. The number of nitrogens with zero attached hydrogens (tertiary/aromatic N) is 3. The first kappa shape index (κ1) is 15.1. The summed E-state index contributed by atoms with van der Waals surface area (Å²) in [5, 5.41) is 3.44. The van der Waals surface area contributed by atoms with Crippen LogP contribution in [0.15, 0.2) is 6.33 Å². The van der Waals surface area contributed by atoms with Crippen LogP contribution in [-0.2, 0) is 6.42 Å². The first-order valence-electron chi connectivity index (χ1n) is 7.96. The molecule has 0 spiro atoms. The molecule has 112 valence electrons. The van der Waals surface area contributed by atoms with Crippen molar-refractivity contribution in [3.05, 3.63) is 11.9 Å². The van der Waals surface area contributed by atoms with Crippen LogP contribution >= 0.6 is 0 Å². The molecule has 0 saturated heterocycles. The Balaban J connectivity index is 2.16. The van der Waals surface area contributed by atoms with E-state index >= 15 is 0 Å². The lowest BCUT2D eigenvalue weighted by molar-refractivity contribution is 0.713. The summed E-state index contributed by atoms with van der Waals surface area (Å²) in [6.45, 7) is 8.80. The molecule has 1 aliphatic rings. The van der Waals surface area contributed by atoms with E-state index in [1.165, 1.54) is 12.0 Å². The number of nitrogens with one attached hydrogen (secondary N) is 1. The zero-order valence-corrected chi connectivity index (χ0v) is 13.3. The summed E-state index contributed by atoms with van der Waals surface area (Å²) in [4.78, 5) is 11.3. The molecule has 2 atom stereocenters. The molecule has 1 N–H and O–H groups in total. The fraction of sp³-hybridized carbons (Fsp3) is 0.750. The van der Waals surface area contributed by atoms with Crippen LogP contribution in [0.3, 0.4) is 0 Å². The van der Waals surface area contributed by atoms with E-state index in [0.717, 1.165) is 55.8 Å². The van der Waals surface area contributed by atoms with Crippen LogP contribution < -0.4 is 10.2 Å². The Bertz CT molecular complexity index is 432. The first-order valence-corrected chi connectivity index (χ1v) is 7.96. The monoisotopic (exact) mass is 276 g/mol. The molecule has 20 heavy (non-hydrogen) atoms. The summed E-state index contributed by atoms with van der Waals surface area (Å²) < 4.78 is 0. The minimum absolute atomic E-state index is 0.844. The molecule has 0 aliphatic heterocycles. The third-order valence-corrected chi connectivity index (χ3v) is 4.11. The van der Waals surface area contributed by atoms with Crippen LogP contribution in [0.5, 0.6) is 0 Å². The van der Waals surface area contributed by atoms with Gasteiger partial charge in [-0.1, -0.05) is 27.2 Å². The van der Waals surface area contributed by atoms with Crippen LogP contribution in [0.2, 0.25) is 0 Å². The topological polar surface area (TPSA) is 41.1 Å². The van der Waals surface area contributed by atoms with Crippen molar-refractivity contribution in [1.29, 1.82) is 0 Å². The van der Waals surface area contributed by atoms with Gasteiger partial charge in [0.25, 0.3) is 0 Å². The first-order chi connectivity index (χ1) is 9.67. The van der Waals surface area contributed by atoms with Gasteiger partial charge in [0, 0.05) is 25.7 Å². The van der Waals surface area contributed by atoms with Crippen LogP contribution in [0, 0.1) is 11.8 Å². The Morgan fingerprint density at radius 2 is 2.05 bits per heavy atom. The van der Waals surface area contributed by atoms with Crippen molar-refractivity contribution in [3.63, 3.8) is 0 Å². The zero-order chi connectivity index (χ0) is 14.5. The van der Waals surface area contributed by atoms with Crippen molar-refractivity contribution in [2.45, 2.75) is 46.5 Å². The third-order valence-electron chi connectivity index (χ3n) is 4.11. The van der Waals surface area contributed by atoms with E-state index < -0.39 is 0 Å². The number of anilines is 2. The van der Waals surface area contributed by atoms with E-state index in [1.807, 2.05) is 0 Å². The minimum atomic E-state index is 0.844. The fourth-order valence-corrected chi connectivity index (χ4v) is 2.70. The van der Waals surface area contributed by atoms with Gasteiger partial charge in [0.2, 0.25) is 0 Å². The van der Waals surface area contributed by atoms with Crippen molar-refractivity contribution < 1.29 is 0 Å². The molecule has 4 heteroatoms. The second-order valence-corrected chi connectivity index (χ2v) is 6.05. The Kier molecular flexibility index (Phi) is 5.21. The molecule has 1 aliphatic carbocycles. The van der Waals surface area contributed by atoms with Gasteiger partial charge in [0.1, 0.15) is 18.0 Å². The second-order valence-electron chi connectivity index (χ2n) is 6.05. The molecular formula is C16H28N4. The molecule has 2 rings (SSSR count). The molecule has 1 fully saturated rings. The molecule has 1 aromatic rings. The maximum atomic E-state index is 4.55. The van der Waals surface area contributed by atoms with Crippen molar-refractivity contribution in [1.82, 2.24) is 9.97 Å². The van der Waals surface area contributed by atoms with Gasteiger partial charge in [-0.05, 0) is 31.1 Å². The van der Waals surface area contributed by atoms with Gasteiger partial charge in [-0.3, -0.25) is 0 Å². The van der Waals surface area contributed by atoms with E-state index in [1.54, 1.807) is 6.33 Å². The molecular weight excluding hydrogens is 248 g/mol. The van der Waals surface area contributed by atoms with Crippen LogP contribution in [0.1, 0.15) is 45.6 Å². The van der Waals surface area contributed by atoms with Crippen molar-refractivity contribution in [2.75, 3.05) is 30.4 Å². The zero-order valence-electron chi connectivity index (χ0n) is 13.3. The van der Waals surface area contributed by atoms with E-state index in [0.29, 0.717) is 0 Å². The van der Waals surface area contributed by atoms with Crippen molar-refractivity contribution >= 4 is 11.6 Å². The summed E-state index contributed by atoms with van der Waals surface area (Å²) >= 11 is 0. The van der Waals surface area contributed by atoms with E-state index in [2.05, 4.69) is 48.0 Å². The molecule has 2 unspecified atom stereocenters. The molecule has 0 bridgehead atoms. The lowest BCUT2D eigenvalue weighted by atomic mass is 10.1. The molecule has 4 nitrogen and oxygen atoms in total. The van der Waals surface area contributed by atoms with Gasteiger partial charge in [-0.2, -0.15) is 0 Å². The van der Waals surface area contributed by atoms with Crippen LogP contribution in [-0.4, -0.2) is 30.1 Å². The highest BCUT2D eigenvalue weighted by Crippen LogP contribution is 2.39. The second kappa shape index (κ2) is 6.91. The van der Waals surface area contributed by atoms with Gasteiger partial charge in [0.15, 0.2) is 0 Å². The van der Waals surface area contributed by atoms with Crippen molar-refractivity contribution in [2.24, 2.45) is 11.8 Å². The SMILES string of the molecule is CCCNc1ncnc(N(C)CC2CC2C)c1CCC. The highest BCUT2D eigenvalue weighted by atomic mass is 15.2. The van der Waals surface area contributed by atoms with Gasteiger partial charge in [-0.15, -0.1) is 0 Å². The van der Waals surface area contributed by atoms with Crippen LogP contribution in [0.4, 0.5) is 11.6 Å². The normalized spacial score (nSPS) is 20.8. The maximum Gasteiger partial charge on any atom is 0.137 e. The quantitative estimate of drug-likeness (QED) is 0.790. The standard InChI is InChI=1S/C16H28N4/c1-5-7-14-15(17-8-6-2)18-11-19-16(14)20(4)10-13-9-12(13)3/h11-13H,5-10H2,1-4H3,(H,17,18,19). The molecule has 0 amide bonds. The number of rotatable bonds is 8. The predicted molar refractivity (Wildman–Crippen MR) is 85.3 cm³/mol. The molecule has 1 heterocycles. The summed E-state index contributed by atoms with van der Waals surface area (Å²) in [5.41, 5.74) is 1.28. The lowest BCUT2D eigenvalue weighted by Gasteiger charge is -2.22. The van der Waals surface area contributed by atoms with Gasteiger partial charge < -0.3 is 10.2 Å². The summed E-state index contributed by atoms with van der Waals surface area (Å²) in [6, 6.07) is 0. The fourth-order valence-electron chi connectivity index (χ4n) is 2.70. The lowest BCUT2D eigenvalue weighted by Crippen LogP contribution is -2.24.